The van der Waals surface area contributed by atoms with Crippen LogP contribution >= 0.6 is 0 Å². The zero-order chi connectivity index (χ0) is 24.4. The molecule has 9 heteroatoms. The number of ether oxygens (including phenoxy) is 1. The molecular weight excluding hydrogens is 426 g/mol. The van der Waals surface area contributed by atoms with Gasteiger partial charge in [0, 0.05) is 19.0 Å². The number of hydrogen-bond acceptors (Lipinski definition) is 6. The van der Waals surface area contributed by atoms with Crippen LogP contribution in [0.2, 0.25) is 0 Å². The molecule has 0 radical (unpaired) electrons. The zero-order valence-corrected chi connectivity index (χ0v) is 19.2. The molecule has 33 heavy (non-hydrogen) atoms. The third-order valence-corrected chi connectivity index (χ3v) is 4.72. The fourth-order valence-corrected chi connectivity index (χ4v) is 3.17. The first-order chi connectivity index (χ1) is 15.5. The summed E-state index contributed by atoms with van der Waals surface area (Å²) in [5.41, 5.74) is 0.423. The highest BCUT2D eigenvalue weighted by molar-refractivity contribution is 5.86. The Morgan fingerprint density at radius 2 is 1.79 bits per heavy atom. The van der Waals surface area contributed by atoms with Crippen LogP contribution in [0, 0.1) is 10.1 Å². The predicted molar refractivity (Wildman–Crippen MR) is 124 cm³/mol. The van der Waals surface area contributed by atoms with Crippen molar-refractivity contribution < 1.29 is 24.4 Å². The zero-order valence-electron chi connectivity index (χ0n) is 19.2. The van der Waals surface area contributed by atoms with E-state index in [-0.39, 0.29) is 6.42 Å². The Bertz CT molecular complexity index is 956. The van der Waals surface area contributed by atoms with Crippen LogP contribution in [0.3, 0.4) is 0 Å². The lowest BCUT2D eigenvalue weighted by molar-refractivity contribution is -0.385. The van der Waals surface area contributed by atoms with Crippen LogP contribution in [-0.4, -0.2) is 40.2 Å². The minimum Gasteiger partial charge on any atom is -0.502 e. The van der Waals surface area contributed by atoms with E-state index in [9.17, 15) is 24.8 Å². The van der Waals surface area contributed by atoms with Gasteiger partial charge in [-0.2, -0.15) is 0 Å². The second-order valence-corrected chi connectivity index (χ2v) is 8.72. The average molecular weight is 458 g/mol. The lowest BCUT2D eigenvalue weighted by atomic mass is 10.0. The lowest BCUT2D eigenvalue weighted by Crippen LogP contribution is -2.49. The summed E-state index contributed by atoms with van der Waals surface area (Å²) in [5, 5.41) is 26.1. The Balaban J connectivity index is 2.00. The number of nitro groups is 1. The van der Waals surface area contributed by atoms with Crippen molar-refractivity contribution in [1.29, 1.82) is 0 Å². The maximum atomic E-state index is 12.8. The number of nitrogens with zero attached hydrogens (tertiary/aromatic N) is 1. The first-order valence-electron chi connectivity index (χ1n) is 10.8. The normalized spacial score (nSPS) is 12.0. The van der Waals surface area contributed by atoms with Crippen molar-refractivity contribution >= 4 is 17.7 Å². The molecule has 0 spiro atoms. The molecule has 0 aliphatic carbocycles. The van der Waals surface area contributed by atoms with Gasteiger partial charge in [-0.1, -0.05) is 36.4 Å². The van der Waals surface area contributed by atoms with Gasteiger partial charge >= 0.3 is 11.8 Å². The fraction of sp³-hybridized carbons (Fsp3) is 0.417. The molecule has 3 N–H and O–H groups in total. The van der Waals surface area contributed by atoms with E-state index in [1.165, 1.54) is 23.8 Å². The number of hydrogen-bond donors (Lipinski definition) is 3. The number of phenolic OH excluding ortho intramolecular Hbond substituents is 1. The molecule has 1 atom stereocenters. The third kappa shape index (κ3) is 9.18. The Morgan fingerprint density at radius 1 is 1.09 bits per heavy atom. The number of benzene rings is 2. The molecule has 0 saturated carbocycles. The molecule has 2 aromatic carbocycles. The molecule has 9 nitrogen and oxygen atoms in total. The van der Waals surface area contributed by atoms with Crippen LogP contribution in [0.5, 0.6) is 5.75 Å². The largest absolute Gasteiger partial charge is 0.502 e. The van der Waals surface area contributed by atoms with Gasteiger partial charge in [-0.05, 0) is 57.2 Å². The first kappa shape index (κ1) is 25.6. The molecule has 178 valence electrons. The van der Waals surface area contributed by atoms with E-state index in [1.54, 1.807) is 20.8 Å². The molecule has 0 aliphatic heterocycles. The van der Waals surface area contributed by atoms with Crippen molar-refractivity contribution in [3.63, 3.8) is 0 Å². The third-order valence-electron chi connectivity index (χ3n) is 4.72. The number of rotatable bonds is 10. The van der Waals surface area contributed by atoms with Crippen molar-refractivity contribution in [2.24, 2.45) is 0 Å². The van der Waals surface area contributed by atoms with Crippen LogP contribution < -0.4 is 10.6 Å². The van der Waals surface area contributed by atoms with E-state index >= 15 is 0 Å². The monoisotopic (exact) mass is 457 g/mol. The second-order valence-electron chi connectivity index (χ2n) is 8.72. The maximum Gasteiger partial charge on any atom is 0.408 e. The fourth-order valence-electron chi connectivity index (χ4n) is 3.17. The predicted octanol–water partition coefficient (Wildman–Crippen LogP) is 3.88. The Morgan fingerprint density at radius 3 is 2.42 bits per heavy atom. The standard InChI is InChI=1S/C24H31N3O6/c1-24(2,3)33-23(30)26-19(15-18-12-13-21(28)20(16-18)27(31)32)22(29)25-14-8-7-11-17-9-5-4-6-10-17/h4-6,9-10,12-13,16,19,28H,7-8,11,14-15H2,1-3H3,(H,25,29)(H,26,30)/t19-/m0/s1. The van der Waals surface area contributed by atoms with Crippen LogP contribution in [0.15, 0.2) is 48.5 Å². The van der Waals surface area contributed by atoms with Crippen LogP contribution in [0.4, 0.5) is 10.5 Å². The first-order valence-corrected chi connectivity index (χ1v) is 10.8. The van der Waals surface area contributed by atoms with E-state index < -0.39 is 40.0 Å². The van der Waals surface area contributed by atoms with Crippen molar-refractivity contribution in [3.8, 4) is 5.75 Å². The van der Waals surface area contributed by atoms with Gasteiger partial charge in [0.1, 0.15) is 11.6 Å². The van der Waals surface area contributed by atoms with Crippen molar-refractivity contribution in [2.75, 3.05) is 6.54 Å². The minimum absolute atomic E-state index is 0.00376. The van der Waals surface area contributed by atoms with E-state index in [2.05, 4.69) is 22.8 Å². The van der Waals surface area contributed by atoms with Gasteiger partial charge < -0.3 is 20.5 Å². The molecule has 0 bridgehead atoms. The van der Waals surface area contributed by atoms with Crippen molar-refractivity contribution in [1.82, 2.24) is 10.6 Å². The summed E-state index contributed by atoms with van der Waals surface area (Å²) in [4.78, 5) is 35.5. The van der Waals surface area contributed by atoms with Gasteiger partial charge in [0.2, 0.25) is 5.91 Å². The summed E-state index contributed by atoms with van der Waals surface area (Å²) in [7, 11) is 0. The van der Waals surface area contributed by atoms with Crippen LogP contribution in [0.1, 0.15) is 44.7 Å². The van der Waals surface area contributed by atoms with Crippen molar-refractivity contribution in [2.45, 2.75) is 58.1 Å². The summed E-state index contributed by atoms with van der Waals surface area (Å²) >= 11 is 0. The van der Waals surface area contributed by atoms with Crippen LogP contribution in [0.25, 0.3) is 0 Å². The lowest BCUT2D eigenvalue weighted by Gasteiger charge is -2.23. The quantitative estimate of drug-likeness (QED) is 0.282. The smallest absolute Gasteiger partial charge is 0.408 e. The van der Waals surface area contributed by atoms with Crippen molar-refractivity contribution in [3.05, 3.63) is 69.8 Å². The number of phenols is 1. The second kappa shape index (κ2) is 11.8. The molecule has 0 saturated heterocycles. The molecule has 2 amide bonds. The van der Waals surface area contributed by atoms with Crippen LogP contribution in [-0.2, 0) is 22.4 Å². The number of unbranched alkanes of at least 4 members (excludes halogenated alkanes) is 1. The molecule has 0 fully saturated rings. The molecule has 0 unspecified atom stereocenters. The number of alkyl carbamates (subject to hydrolysis) is 1. The summed E-state index contributed by atoms with van der Waals surface area (Å²) < 4.78 is 5.25. The molecule has 0 aliphatic rings. The summed E-state index contributed by atoms with van der Waals surface area (Å²) in [6.07, 6.45) is 1.77. The molecule has 0 aromatic heterocycles. The SMILES string of the molecule is CC(C)(C)OC(=O)N[C@@H](Cc1ccc(O)c([N+](=O)[O-])c1)C(=O)NCCCCc1ccccc1. The van der Waals surface area contributed by atoms with Gasteiger partial charge in [0.25, 0.3) is 0 Å². The number of nitrogens with one attached hydrogen (secondary N) is 2. The number of aryl methyl sites for hydroxylation is 1. The van der Waals surface area contributed by atoms with Gasteiger partial charge in [-0.3, -0.25) is 14.9 Å². The summed E-state index contributed by atoms with van der Waals surface area (Å²) in [5.74, 6) is -0.889. The maximum absolute atomic E-state index is 12.8. The summed E-state index contributed by atoms with van der Waals surface area (Å²) in [6.45, 7) is 5.54. The number of nitro benzene ring substituents is 1. The minimum atomic E-state index is -1.00. The highest BCUT2D eigenvalue weighted by Gasteiger charge is 2.25. The number of amides is 2. The number of carbonyl (C=O) groups is 2. The van der Waals surface area contributed by atoms with E-state index in [0.717, 1.165) is 19.3 Å². The molecule has 2 aromatic rings. The highest BCUT2D eigenvalue weighted by Crippen LogP contribution is 2.26. The Kier molecular flexibility index (Phi) is 9.20. The number of carbonyl (C=O) groups excluding carboxylic acids is 2. The Labute approximate surface area is 193 Å². The van der Waals surface area contributed by atoms with Gasteiger partial charge in [-0.15, -0.1) is 0 Å². The summed E-state index contributed by atoms with van der Waals surface area (Å²) in [6, 6.07) is 12.9. The van der Waals surface area contributed by atoms with Gasteiger partial charge in [0.05, 0.1) is 4.92 Å². The number of aromatic hydroxyl groups is 1. The van der Waals surface area contributed by atoms with E-state index in [0.29, 0.717) is 12.1 Å². The van der Waals surface area contributed by atoms with E-state index in [1.807, 2.05) is 18.2 Å². The topological polar surface area (TPSA) is 131 Å². The average Bonchev–Trinajstić information content (AvgIpc) is 2.73. The Hall–Kier alpha value is -3.62. The van der Waals surface area contributed by atoms with Gasteiger partial charge in [-0.25, -0.2) is 4.79 Å². The molecule has 2 rings (SSSR count). The van der Waals surface area contributed by atoms with E-state index in [4.69, 9.17) is 4.74 Å². The highest BCUT2D eigenvalue weighted by atomic mass is 16.6. The van der Waals surface area contributed by atoms with Gasteiger partial charge in [0.15, 0.2) is 5.75 Å². The molecular formula is C24H31N3O6. The molecule has 0 heterocycles.